The van der Waals surface area contributed by atoms with Gasteiger partial charge < -0.3 is 41.7 Å². The van der Waals surface area contributed by atoms with Crippen LogP contribution in [0.25, 0.3) is 33.0 Å². The Hall–Kier alpha value is -4.74. The van der Waals surface area contributed by atoms with Gasteiger partial charge in [0, 0.05) is 74.0 Å². The summed E-state index contributed by atoms with van der Waals surface area (Å²) in [5, 5.41) is 13.0. The van der Waals surface area contributed by atoms with E-state index in [1.54, 1.807) is 54.6 Å². The van der Waals surface area contributed by atoms with Crippen LogP contribution in [-0.4, -0.2) is 51.8 Å². The number of nitrogens with two attached hydrogens (primary N) is 1. The number of carbonyl (C=O) groups excluding carboxylic acids is 2. The Morgan fingerprint density at radius 1 is 0.894 bits per heavy atom. The van der Waals surface area contributed by atoms with Crippen molar-refractivity contribution in [2.45, 2.75) is 20.4 Å². The first-order valence-corrected chi connectivity index (χ1v) is 14.2. The van der Waals surface area contributed by atoms with E-state index in [0.29, 0.717) is 40.8 Å². The van der Waals surface area contributed by atoms with Gasteiger partial charge in [-0.3, -0.25) is 9.59 Å². The van der Waals surface area contributed by atoms with Crippen LogP contribution < -0.4 is 25.8 Å². The number of rotatable bonds is 11. The van der Waals surface area contributed by atoms with Crippen LogP contribution >= 0.6 is 0 Å². The van der Waals surface area contributed by atoms with Crippen molar-refractivity contribution in [3.05, 3.63) is 113 Å². The Labute approximate surface area is 302 Å². The number of nitrogens with one attached hydrogen (secondary N) is 2. The van der Waals surface area contributed by atoms with Crippen LogP contribution in [0.1, 0.15) is 19.4 Å². The summed E-state index contributed by atoms with van der Waals surface area (Å²) in [5.41, 5.74) is 15.8. The SMILES string of the molecule is C/C(C=O)=C/NCc1ccccc1.COc1ccc(-c2cnc(N)c(-c3ccc(NC=O)cc3)c2)cc1OC.C[N-]/N=C(/C)[N-]C.[Y]. The molecule has 1 radical (unpaired) electrons. The molecule has 47 heavy (non-hydrogen) atoms. The summed E-state index contributed by atoms with van der Waals surface area (Å²) in [7, 11) is 6.51. The topological polar surface area (TPSA) is 156 Å². The number of hydrogen-bond acceptors (Lipinski definition) is 8. The van der Waals surface area contributed by atoms with E-state index in [0.717, 1.165) is 35.1 Å². The Kier molecular flexibility index (Phi) is 19.5. The Morgan fingerprint density at radius 2 is 1.55 bits per heavy atom. The van der Waals surface area contributed by atoms with Crippen LogP contribution in [0.15, 0.2) is 102 Å². The Morgan fingerprint density at radius 3 is 2.11 bits per heavy atom. The molecular formula is C35H41N7O4Y-2. The van der Waals surface area contributed by atoms with E-state index in [2.05, 4.69) is 31.5 Å². The van der Waals surface area contributed by atoms with Crippen molar-refractivity contribution < 1.29 is 51.8 Å². The number of amidine groups is 1. The maximum Gasteiger partial charge on any atom is 0.211 e. The molecule has 0 fully saturated rings. The van der Waals surface area contributed by atoms with Crippen molar-refractivity contribution in [1.82, 2.24) is 10.3 Å². The smallest absolute Gasteiger partial charge is 0.211 e. The molecule has 0 saturated carbocycles. The second-order valence-corrected chi connectivity index (χ2v) is 9.51. The van der Waals surface area contributed by atoms with Crippen molar-refractivity contribution in [3.63, 3.8) is 0 Å². The normalized spacial score (nSPS) is 10.3. The summed E-state index contributed by atoms with van der Waals surface area (Å²) in [6.45, 7) is 4.32. The van der Waals surface area contributed by atoms with Gasteiger partial charge in [0.1, 0.15) is 12.1 Å². The predicted octanol–water partition coefficient (Wildman–Crippen LogP) is 6.79. The molecule has 0 bridgehead atoms. The molecule has 0 atom stereocenters. The molecule has 4 N–H and O–H groups in total. The van der Waals surface area contributed by atoms with E-state index < -0.39 is 0 Å². The largest absolute Gasteiger partial charge is 0.720 e. The average molecular weight is 713 g/mol. The molecule has 0 saturated heterocycles. The van der Waals surface area contributed by atoms with Gasteiger partial charge in [0.15, 0.2) is 11.5 Å². The molecule has 0 aliphatic heterocycles. The first-order chi connectivity index (χ1) is 22.3. The number of aldehydes is 1. The third-order valence-electron chi connectivity index (χ3n) is 6.29. The number of pyridine rings is 1. The van der Waals surface area contributed by atoms with Gasteiger partial charge in [0.25, 0.3) is 0 Å². The molecule has 0 spiro atoms. The number of amides is 1. The molecule has 0 unspecified atom stereocenters. The monoisotopic (exact) mass is 712 g/mol. The maximum atomic E-state index is 10.5. The number of nitrogen functional groups attached to an aromatic ring is 1. The van der Waals surface area contributed by atoms with E-state index in [4.69, 9.17) is 15.2 Å². The summed E-state index contributed by atoms with van der Waals surface area (Å²) in [4.78, 5) is 25.1. The number of ether oxygens (including phenoxy) is 2. The van der Waals surface area contributed by atoms with Crippen LogP contribution in [-0.2, 0) is 48.8 Å². The first kappa shape index (κ1) is 40.3. The van der Waals surface area contributed by atoms with E-state index >= 15 is 0 Å². The van der Waals surface area contributed by atoms with Crippen LogP contribution in [0.5, 0.6) is 11.5 Å². The zero-order valence-corrected chi connectivity index (χ0v) is 30.4. The van der Waals surface area contributed by atoms with E-state index in [1.165, 1.54) is 5.56 Å². The number of benzene rings is 3. The van der Waals surface area contributed by atoms with E-state index in [9.17, 15) is 9.59 Å². The molecule has 1 heterocycles. The van der Waals surface area contributed by atoms with Crippen LogP contribution in [0, 0.1) is 0 Å². The fourth-order valence-electron chi connectivity index (χ4n) is 3.84. The van der Waals surface area contributed by atoms with Crippen molar-refractivity contribution in [3.8, 4) is 33.8 Å². The van der Waals surface area contributed by atoms with E-state index in [1.807, 2.05) is 78.9 Å². The number of carbonyl (C=O) groups is 2. The number of allylic oxidation sites excluding steroid dienone is 1. The molecule has 0 aliphatic rings. The molecule has 3 aromatic carbocycles. The number of methoxy groups -OCH3 is 2. The van der Waals surface area contributed by atoms with Crippen molar-refractivity contribution in [2.75, 3.05) is 39.4 Å². The predicted molar refractivity (Wildman–Crippen MR) is 187 cm³/mol. The van der Waals surface area contributed by atoms with Gasteiger partial charge in [-0.05, 0) is 60.9 Å². The number of nitrogens with zero attached hydrogens (tertiary/aromatic N) is 4. The zero-order valence-electron chi connectivity index (χ0n) is 27.6. The van der Waals surface area contributed by atoms with Gasteiger partial charge in [0.05, 0.1) is 14.2 Å². The van der Waals surface area contributed by atoms with Gasteiger partial charge in [-0.1, -0.05) is 55.6 Å². The molecule has 0 aliphatic carbocycles. The second kappa shape index (κ2) is 22.7. The summed E-state index contributed by atoms with van der Waals surface area (Å²) in [6, 6.07) is 25.1. The minimum Gasteiger partial charge on any atom is -0.720 e. The molecule has 1 amide bonds. The Bertz CT molecular complexity index is 1580. The molecular weight excluding hydrogens is 671 g/mol. The number of aromatic nitrogens is 1. The standard InChI is InChI=1S/C20H19N3O3.C11H13NO.C4H9N3.Y/c1-25-18-8-5-14(10-19(18)26-2)15-9-17(20(21)22-11-15)13-3-6-16(7-4-13)23-12-24;1-10(9-13)7-12-8-11-5-3-2-4-6-11;1-4(5-2)7-6-3;/h3-12H,1-2H3,(H2,21,22)(H,23,24);2-7,9,12H,8H2,1H3;1-3H3;/q;;-2;/b;10-7-;;. The number of hydrogen-bond donors (Lipinski definition) is 3. The van der Waals surface area contributed by atoms with Crippen LogP contribution in [0.2, 0.25) is 0 Å². The molecule has 1 aromatic heterocycles. The zero-order chi connectivity index (χ0) is 33.7. The Balaban J connectivity index is 0.000000438. The number of anilines is 2. The van der Waals surface area contributed by atoms with Gasteiger partial charge in [0.2, 0.25) is 6.41 Å². The van der Waals surface area contributed by atoms with Crippen LogP contribution in [0.3, 0.4) is 0 Å². The molecule has 245 valence electrons. The van der Waals surface area contributed by atoms with Gasteiger partial charge in [-0.15, -0.1) is 12.9 Å². The van der Waals surface area contributed by atoms with Crippen LogP contribution in [0.4, 0.5) is 11.5 Å². The molecule has 4 rings (SSSR count). The molecule has 4 aromatic rings. The third kappa shape index (κ3) is 14.1. The maximum absolute atomic E-state index is 10.5. The van der Waals surface area contributed by atoms with Crippen molar-refractivity contribution >= 4 is 30.0 Å². The van der Waals surface area contributed by atoms with Gasteiger partial charge >= 0.3 is 0 Å². The first-order valence-electron chi connectivity index (χ1n) is 14.2. The molecule has 11 nitrogen and oxygen atoms in total. The third-order valence-corrected chi connectivity index (χ3v) is 6.29. The quantitative estimate of drug-likeness (QED) is 0.0509. The summed E-state index contributed by atoms with van der Waals surface area (Å²) in [5.74, 6) is 2.46. The van der Waals surface area contributed by atoms with E-state index in [-0.39, 0.29) is 32.7 Å². The second-order valence-electron chi connectivity index (χ2n) is 9.51. The van der Waals surface area contributed by atoms with Crippen molar-refractivity contribution in [2.24, 2.45) is 5.10 Å². The average Bonchev–Trinajstić information content (AvgIpc) is 3.09. The van der Waals surface area contributed by atoms with Gasteiger partial charge in [-0.25, -0.2) is 4.98 Å². The summed E-state index contributed by atoms with van der Waals surface area (Å²) in [6.07, 6.45) is 4.92. The summed E-state index contributed by atoms with van der Waals surface area (Å²) >= 11 is 0. The summed E-state index contributed by atoms with van der Waals surface area (Å²) < 4.78 is 10.6. The van der Waals surface area contributed by atoms with Gasteiger partial charge in [-0.2, -0.15) is 0 Å². The fraction of sp³-hybridized carbons (Fsp3) is 0.200. The fourth-order valence-corrected chi connectivity index (χ4v) is 3.84. The molecule has 12 heteroatoms. The minimum absolute atomic E-state index is 0. The van der Waals surface area contributed by atoms with Crippen molar-refractivity contribution in [1.29, 1.82) is 0 Å². The minimum atomic E-state index is 0.